The van der Waals surface area contributed by atoms with Gasteiger partial charge < -0.3 is 15.0 Å². The molecule has 1 fully saturated rings. The topological polar surface area (TPSA) is 63.2 Å². The van der Waals surface area contributed by atoms with E-state index in [0.29, 0.717) is 0 Å². The van der Waals surface area contributed by atoms with Crippen LogP contribution in [-0.4, -0.2) is 18.0 Å². The summed E-state index contributed by atoms with van der Waals surface area (Å²) < 4.78 is 13.7. The van der Waals surface area contributed by atoms with Crippen LogP contribution in [0.3, 0.4) is 0 Å². The van der Waals surface area contributed by atoms with Crippen molar-refractivity contribution < 1.29 is 17.7 Å². The van der Waals surface area contributed by atoms with Crippen molar-refractivity contribution in [2.75, 3.05) is 0 Å². The summed E-state index contributed by atoms with van der Waals surface area (Å²) in [6, 6.07) is 0. The second-order valence-electron chi connectivity index (χ2n) is 1.65. The van der Waals surface area contributed by atoms with E-state index in [1.807, 2.05) is 0 Å². The maximum absolute atomic E-state index is 10.6. The lowest BCUT2D eigenvalue weighted by Gasteiger charge is -2.15. The zero-order valence-electron chi connectivity index (χ0n) is 6.03. The SMILES string of the molecule is [2H]C1C(=O)C([O-])C([2H])C1[O-]. The molecule has 8 heavy (non-hydrogen) atoms. The Hall–Kier alpha value is -0.410. The number of hydrogen-bond donors (Lipinski definition) is 0. The van der Waals surface area contributed by atoms with Crippen molar-refractivity contribution in [1.82, 2.24) is 0 Å². The summed E-state index contributed by atoms with van der Waals surface area (Å²) in [7, 11) is 0. The van der Waals surface area contributed by atoms with Crippen molar-refractivity contribution >= 4 is 5.78 Å². The van der Waals surface area contributed by atoms with E-state index in [2.05, 4.69) is 0 Å². The Morgan fingerprint density at radius 3 is 2.50 bits per heavy atom. The Morgan fingerprint density at radius 1 is 1.75 bits per heavy atom. The average Bonchev–Trinajstić information content (AvgIpc) is 2.07. The lowest BCUT2D eigenvalue weighted by atomic mass is 10.3. The van der Waals surface area contributed by atoms with Crippen LogP contribution in [0.25, 0.3) is 0 Å². The van der Waals surface area contributed by atoms with Crippen LogP contribution in [0.15, 0.2) is 0 Å². The zero-order valence-corrected chi connectivity index (χ0v) is 4.03. The molecule has 1 aliphatic rings. The Labute approximate surface area is 49.8 Å². The van der Waals surface area contributed by atoms with Gasteiger partial charge in [-0.15, -0.1) is 6.10 Å². The van der Waals surface area contributed by atoms with Gasteiger partial charge in [0.25, 0.3) is 0 Å². The predicted octanol–water partition coefficient (Wildman–Crippen LogP) is -2.19. The summed E-state index contributed by atoms with van der Waals surface area (Å²) in [4.78, 5) is 10.5. The van der Waals surface area contributed by atoms with Crippen molar-refractivity contribution in [3.05, 3.63) is 0 Å². The summed E-state index contributed by atoms with van der Waals surface area (Å²) in [5.74, 6) is -0.931. The molecule has 1 aliphatic carbocycles. The lowest BCUT2D eigenvalue weighted by Crippen LogP contribution is -2.30. The summed E-state index contributed by atoms with van der Waals surface area (Å²) in [5.41, 5.74) is 0. The number of Topliss-reactive ketones (excluding diaryl/α,β-unsaturated/α-hetero) is 1. The maximum Gasteiger partial charge on any atom is 0.118 e. The van der Waals surface area contributed by atoms with Crippen molar-refractivity contribution in [3.63, 3.8) is 0 Å². The van der Waals surface area contributed by atoms with E-state index < -0.39 is 30.8 Å². The minimum atomic E-state index is -1.79. The van der Waals surface area contributed by atoms with Crippen LogP contribution in [0.4, 0.5) is 0 Å². The van der Waals surface area contributed by atoms with Gasteiger partial charge in [-0.1, -0.05) is 12.5 Å². The van der Waals surface area contributed by atoms with Crippen molar-refractivity contribution in [1.29, 1.82) is 0 Å². The first-order valence-corrected chi connectivity index (χ1v) is 2.25. The fraction of sp³-hybridized carbons (Fsp3) is 0.800. The van der Waals surface area contributed by atoms with E-state index in [9.17, 15) is 15.0 Å². The number of ketones is 1. The summed E-state index contributed by atoms with van der Waals surface area (Å²) in [5, 5.41) is 21.2. The number of rotatable bonds is 0. The first kappa shape index (κ1) is 3.58. The van der Waals surface area contributed by atoms with Gasteiger partial charge in [-0.25, -0.2) is 0 Å². The third kappa shape index (κ3) is 0.877. The van der Waals surface area contributed by atoms with Gasteiger partial charge in [0.2, 0.25) is 0 Å². The second-order valence-corrected chi connectivity index (χ2v) is 1.65. The van der Waals surface area contributed by atoms with Crippen molar-refractivity contribution in [3.8, 4) is 0 Å². The van der Waals surface area contributed by atoms with Gasteiger partial charge in [0.1, 0.15) is 5.78 Å². The second kappa shape index (κ2) is 1.84. The van der Waals surface area contributed by atoms with Gasteiger partial charge in [0.15, 0.2) is 0 Å². The third-order valence-corrected chi connectivity index (χ3v) is 0.973. The Bertz CT molecular complexity index is 145. The molecular weight excluding hydrogens is 108 g/mol. The lowest BCUT2D eigenvalue weighted by molar-refractivity contribution is -0.441. The molecule has 0 aromatic heterocycles. The van der Waals surface area contributed by atoms with Gasteiger partial charge in [0.05, 0.1) is 0 Å². The smallest absolute Gasteiger partial charge is 0.118 e. The predicted molar refractivity (Wildman–Crippen MR) is 21.8 cm³/mol. The maximum atomic E-state index is 10.6. The van der Waals surface area contributed by atoms with E-state index >= 15 is 0 Å². The van der Waals surface area contributed by atoms with Crippen LogP contribution in [0.2, 0.25) is 0 Å². The highest BCUT2D eigenvalue weighted by atomic mass is 16.3. The van der Waals surface area contributed by atoms with E-state index in [4.69, 9.17) is 2.74 Å². The van der Waals surface area contributed by atoms with Crippen LogP contribution in [0.1, 0.15) is 15.5 Å². The third-order valence-electron chi connectivity index (χ3n) is 0.973. The summed E-state index contributed by atoms with van der Waals surface area (Å²) >= 11 is 0. The molecule has 0 radical (unpaired) electrons. The molecule has 0 aromatic rings. The first-order chi connectivity index (χ1) is 4.55. The molecule has 0 aliphatic heterocycles. The Kier molecular flexibility index (Phi) is 0.823. The van der Waals surface area contributed by atoms with E-state index in [-0.39, 0.29) is 0 Å². The number of carbonyl (C=O) groups excluding carboxylic acids is 1. The highest BCUT2D eigenvalue weighted by Crippen LogP contribution is 2.09. The van der Waals surface area contributed by atoms with E-state index in [1.54, 1.807) is 0 Å². The van der Waals surface area contributed by atoms with Crippen LogP contribution >= 0.6 is 0 Å². The molecule has 0 N–H and O–H groups in total. The Morgan fingerprint density at radius 2 is 2.38 bits per heavy atom. The molecule has 0 spiro atoms. The zero-order chi connectivity index (χ0) is 7.89. The van der Waals surface area contributed by atoms with E-state index in [0.717, 1.165) is 0 Å². The molecule has 1 saturated carbocycles. The minimum absolute atomic E-state index is 0.931. The summed E-state index contributed by atoms with van der Waals surface area (Å²) in [6.07, 6.45) is -6.40. The van der Waals surface area contributed by atoms with E-state index in [1.165, 1.54) is 0 Å². The van der Waals surface area contributed by atoms with Crippen molar-refractivity contribution in [2.45, 2.75) is 25.0 Å². The number of hydrogen-bond acceptors (Lipinski definition) is 3. The van der Waals surface area contributed by atoms with Gasteiger partial charge in [-0.3, -0.25) is 0 Å². The molecular formula is C5H6O3-2. The largest absolute Gasteiger partial charge is 0.852 e. The van der Waals surface area contributed by atoms with Crippen LogP contribution < -0.4 is 10.2 Å². The molecule has 0 heterocycles. The minimum Gasteiger partial charge on any atom is -0.852 e. The van der Waals surface area contributed by atoms with Crippen LogP contribution in [-0.2, 0) is 4.79 Å². The molecule has 3 heteroatoms. The van der Waals surface area contributed by atoms with Gasteiger partial charge in [-0.2, -0.15) is 0 Å². The van der Waals surface area contributed by atoms with Gasteiger partial charge >= 0.3 is 0 Å². The molecule has 0 aromatic carbocycles. The van der Waals surface area contributed by atoms with Gasteiger partial charge in [-0.05, 0) is 6.40 Å². The molecule has 46 valence electrons. The molecule has 0 saturated heterocycles. The first-order valence-electron chi connectivity index (χ1n) is 3.41. The molecule has 0 amide bonds. The average molecular weight is 116 g/mol. The van der Waals surface area contributed by atoms with Gasteiger partial charge in [0, 0.05) is 2.74 Å². The van der Waals surface area contributed by atoms with Crippen LogP contribution in [0, 0.1) is 0 Å². The standard InChI is InChI=1S/C5H6O3/c6-3-1-4(7)5(8)2-3/h3-4H,1-2H2/q-2/i1D,2D. The number of carbonyl (C=O) groups is 1. The Balaban J connectivity index is 2.78. The molecule has 4 atom stereocenters. The normalized spacial score (nSPS) is 60.5. The highest BCUT2D eigenvalue weighted by Gasteiger charge is 2.16. The quantitative estimate of drug-likeness (QED) is 0.361. The molecule has 3 nitrogen and oxygen atoms in total. The summed E-state index contributed by atoms with van der Waals surface area (Å²) in [6.45, 7) is 0. The van der Waals surface area contributed by atoms with Crippen molar-refractivity contribution in [2.24, 2.45) is 0 Å². The fourth-order valence-electron chi connectivity index (χ4n) is 0.579. The monoisotopic (exact) mass is 116 g/mol. The fourth-order valence-corrected chi connectivity index (χ4v) is 0.579. The van der Waals surface area contributed by atoms with Crippen LogP contribution in [0.5, 0.6) is 0 Å². The molecule has 0 bridgehead atoms. The molecule has 1 rings (SSSR count). The molecule has 4 unspecified atom stereocenters. The highest BCUT2D eigenvalue weighted by molar-refractivity contribution is 5.85.